The second-order valence-corrected chi connectivity index (χ2v) is 14.0. The molecule has 2 saturated heterocycles. The Bertz CT molecular complexity index is 2050. The van der Waals surface area contributed by atoms with Crippen LogP contribution in [0.15, 0.2) is 100 Å². The van der Waals surface area contributed by atoms with Crippen LogP contribution in [0.25, 0.3) is 5.57 Å². The van der Waals surface area contributed by atoms with E-state index in [0.29, 0.717) is 38.8 Å². The third kappa shape index (κ3) is 5.61. The minimum absolute atomic E-state index is 0.0343. The van der Waals surface area contributed by atoms with E-state index >= 15 is 0 Å². The van der Waals surface area contributed by atoms with Gasteiger partial charge in [-0.25, -0.2) is 0 Å². The molecule has 0 N–H and O–H groups in total. The average molecular weight is 735 g/mol. The Kier molecular flexibility index (Phi) is 8.14. The molecule has 2 unspecified atom stereocenters. The normalized spacial score (nSPS) is 22.7. The molecule has 0 aromatic heterocycles. The fourth-order valence-corrected chi connectivity index (χ4v) is 7.72. The SMILES string of the molecule is COc1ccc2c(c1)CC1(CCN(c3ccc(Br)cc3)C1=O)O2.COc1ccc2c(c1)CC1(CCN(c3ccc(C4=CCN=C4)cc3)C1=O)O2. The second-order valence-electron chi connectivity index (χ2n) is 13.1. The summed E-state index contributed by atoms with van der Waals surface area (Å²) < 4.78 is 23.8. The van der Waals surface area contributed by atoms with Crippen molar-refractivity contribution in [1.29, 1.82) is 0 Å². The number of methoxy groups -OCH3 is 2. The quantitative estimate of drug-likeness (QED) is 0.223. The summed E-state index contributed by atoms with van der Waals surface area (Å²) in [7, 11) is 3.29. The van der Waals surface area contributed by atoms with E-state index in [0.717, 1.165) is 67.7 Å². The first-order valence-corrected chi connectivity index (χ1v) is 17.5. The number of allylic oxidation sites excluding steroid dienone is 1. The molecule has 0 saturated carbocycles. The number of hydrogen-bond donors (Lipinski definition) is 0. The van der Waals surface area contributed by atoms with Crippen molar-refractivity contribution < 1.29 is 28.5 Å². The zero-order chi connectivity index (χ0) is 34.5. The van der Waals surface area contributed by atoms with Crippen LogP contribution < -0.4 is 28.7 Å². The largest absolute Gasteiger partial charge is 0.497 e. The molecule has 2 atom stereocenters. The average Bonchev–Trinajstić information content (AvgIpc) is 3.98. The lowest BCUT2D eigenvalue weighted by Gasteiger charge is -2.23. The van der Waals surface area contributed by atoms with Gasteiger partial charge in [0, 0.05) is 72.0 Å². The zero-order valence-corrected chi connectivity index (χ0v) is 29.4. The van der Waals surface area contributed by atoms with Crippen molar-refractivity contribution in [2.45, 2.75) is 36.9 Å². The third-order valence-corrected chi connectivity index (χ3v) is 10.7. The third-order valence-electron chi connectivity index (χ3n) is 10.1. The van der Waals surface area contributed by atoms with Gasteiger partial charge in [-0.15, -0.1) is 0 Å². The Morgan fingerprint density at radius 3 is 1.66 bits per heavy atom. The number of fused-ring (bicyclic) bond motifs is 2. The predicted molar refractivity (Wildman–Crippen MR) is 196 cm³/mol. The van der Waals surface area contributed by atoms with Gasteiger partial charge in [0.2, 0.25) is 0 Å². The minimum atomic E-state index is -0.784. The fourth-order valence-electron chi connectivity index (χ4n) is 7.46. The lowest BCUT2D eigenvalue weighted by Crippen LogP contribution is -2.44. The first kappa shape index (κ1) is 32.1. The van der Waals surface area contributed by atoms with E-state index in [1.165, 1.54) is 0 Å². The molecule has 0 bridgehead atoms. The maximum absolute atomic E-state index is 13.2. The van der Waals surface area contributed by atoms with Crippen LogP contribution in [0.2, 0.25) is 0 Å². The van der Waals surface area contributed by atoms with Gasteiger partial charge in [0.15, 0.2) is 11.2 Å². The standard InChI is InChI=1S/C22H20N2O3.C18H16BrNO3/c1-26-19-6-7-20-17(12-19)13-22(27-20)9-11-24(21(22)25)18-4-2-15(3-5-18)16-8-10-23-14-16;1-22-15-6-7-16-12(10-15)11-18(23-16)8-9-20(17(18)21)14-4-2-13(19)3-5-14/h2-8,12,14H,9-11,13H2,1H3;2-7,10H,8-9,11H2,1H3. The van der Waals surface area contributed by atoms with Gasteiger partial charge in [0.25, 0.3) is 11.8 Å². The molecule has 9 nitrogen and oxygen atoms in total. The van der Waals surface area contributed by atoms with Crippen LogP contribution in [0.3, 0.4) is 0 Å². The number of aliphatic imine (C=N–C) groups is 1. The Morgan fingerprint density at radius 1 is 0.700 bits per heavy atom. The predicted octanol–water partition coefficient (Wildman–Crippen LogP) is 6.84. The number of anilines is 2. The number of benzene rings is 4. The topological polar surface area (TPSA) is 89.9 Å². The molecule has 50 heavy (non-hydrogen) atoms. The summed E-state index contributed by atoms with van der Waals surface area (Å²) in [5.74, 6) is 3.23. The highest BCUT2D eigenvalue weighted by Crippen LogP contribution is 2.45. The molecule has 2 fully saturated rings. The summed E-state index contributed by atoms with van der Waals surface area (Å²) in [6, 6.07) is 27.3. The van der Waals surface area contributed by atoms with Crippen molar-refractivity contribution in [2.24, 2.45) is 4.99 Å². The summed E-state index contributed by atoms with van der Waals surface area (Å²) in [5.41, 5.74) is 4.60. The molecular weight excluding hydrogens is 698 g/mol. The molecule has 5 heterocycles. The summed E-state index contributed by atoms with van der Waals surface area (Å²) in [5, 5.41) is 0. The minimum Gasteiger partial charge on any atom is -0.497 e. The number of nitrogens with zero attached hydrogens (tertiary/aromatic N) is 3. The molecule has 5 aliphatic rings. The highest BCUT2D eigenvalue weighted by Gasteiger charge is 2.54. The highest BCUT2D eigenvalue weighted by molar-refractivity contribution is 9.10. The Morgan fingerprint density at radius 2 is 1.20 bits per heavy atom. The number of rotatable bonds is 5. The number of halogens is 1. The molecule has 254 valence electrons. The van der Waals surface area contributed by atoms with E-state index in [1.54, 1.807) is 14.2 Å². The van der Waals surface area contributed by atoms with Crippen molar-refractivity contribution >= 4 is 50.9 Å². The van der Waals surface area contributed by atoms with Gasteiger partial charge < -0.3 is 28.7 Å². The van der Waals surface area contributed by atoms with Gasteiger partial charge >= 0.3 is 0 Å². The van der Waals surface area contributed by atoms with E-state index in [2.05, 4.69) is 27.0 Å². The first-order valence-electron chi connectivity index (χ1n) is 16.7. The lowest BCUT2D eigenvalue weighted by atomic mass is 9.95. The van der Waals surface area contributed by atoms with E-state index < -0.39 is 11.2 Å². The maximum atomic E-state index is 13.2. The molecule has 10 heteroatoms. The Balaban J connectivity index is 0.000000146. The van der Waals surface area contributed by atoms with Gasteiger partial charge in [-0.3, -0.25) is 14.6 Å². The smallest absolute Gasteiger partial charge is 0.271 e. The molecule has 5 aliphatic heterocycles. The van der Waals surface area contributed by atoms with Crippen molar-refractivity contribution in [2.75, 3.05) is 43.7 Å². The van der Waals surface area contributed by atoms with Crippen molar-refractivity contribution in [3.05, 3.63) is 112 Å². The summed E-state index contributed by atoms with van der Waals surface area (Å²) >= 11 is 3.42. The molecule has 4 aromatic rings. The molecule has 2 amide bonds. The number of carbonyl (C=O) groups is 2. The number of carbonyl (C=O) groups excluding carboxylic acids is 2. The van der Waals surface area contributed by atoms with E-state index in [9.17, 15) is 9.59 Å². The first-order chi connectivity index (χ1) is 24.3. The molecule has 0 aliphatic carbocycles. The lowest BCUT2D eigenvalue weighted by molar-refractivity contribution is -0.129. The molecular formula is C40H36BrN3O6. The fraction of sp³-hybridized carbons (Fsp3) is 0.275. The van der Waals surface area contributed by atoms with Crippen LogP contribution in [0.4, 0.5) is 11.4 Å². The zero-order valence-electron chi connectivity index (χ0n) is 27.9. The van der Waals surface area contributed by atoms with Gasteiger partial charge in [-0.2, -0.15) is 0 Å². The number of hydrogen-bond acceptors (Lipinski definition) is 7. The summed E-state index contributed by atoms with van der Waals surface area (Å²) in [4.78, 5) is 34.1. The van der Waals surface area contributed by atoms with Crippen LogP contribution >= 0.6 is 15.9 Å². The molecule has 2 spiro atoms. The number of amides is 2. The molecule has 4 aromatic carbocycles. The van der Waals surface area contributed by atoms with E-state index in [-0.39, 0.29) is 11.8 Å². The van der Waals surface area contributed by atoms with Gasteiger partial charge in [0.05, 0.1) is 20.8 Å². The second kappa shape index (κ2) is 12.7. The molecule has 9 rings (SSSR count). The van der Waals surface area contributed by atoms with Gasteiger partial charge in [-0.1, -0.05) is 34.1 Å². The van der Waals surface area contributed by atoms with Crippen LogP contribution in [-0.4, -0.2) is 63.1 Å². The number of ether oxygens (including phenoxy) is 4. The summed E-state index contributed by atoms with van der Waals surface area (Å²) in [6.07, 6.45) is 6.56. The van der Waals surface area contributed by atoms with Crippen molar-refractivity contribution in [1.82, 2.24) is 0 Å². The van der Waals surface area contributed by atoms with Crippen LogP contribution in [-0.2, 0) is 22.4 Å². The van der Waals surface area contributed by atoms with E-state index in [4.69, 9.17) is 18.9 Å². The van der Waals surface area contributed by atoms with Gasteiger partial charge in [-0.05, 0) is 83.9 Å². The maximum Gasteiger partial charge on any atom is 0.271 e. The Labute approximate surface area is 299 Å². The van der Waals surface area contributed by atoms with Crippen LogP contribution in [0, 0.1) is 0 Å². The highest BCUT2D eigenvalue weighted by atomic mass is 79.9. The molecule has 0 radical (unpaired) electrons. The van der Waals surface area contributed by atoms with Gasteiger partial charge in [0.1, 0.15) is 23.0 Å². The monoisotopic (exact) mass is 733 g/mol. The van der Waals surface area contributed by atoms with Crippen LogP contribution in [0.5, 0.6) is 23.0 Å². The van der Waals surface area contributed by atoms with Crippen molar-refractivity contribution in [3.63, 3.8) is 0 Å². The summed E-state index contributed by atoms with van der Waals surface area (Å²) in [6.45, 7) is 2.08. The van der Waals surface area contributed by atoms with E-state index in [1.807, 2.05) is 101 Å². The van der Waals surface area contributed by atoms with Crippen LogP contribution in [0.1, 0.15) is 29.5 Å². The van der Waals surface area contributed by atoms with Crippen molar-refractivity contribution in [3.8, 4) is 23.0 Å². The Hall–Kier alpha value is -5.09.